The molecule has 1 amide bonds. The van der Waals surface area contributed by atoms with E-state index in [0.29, 0.717) is 5.69 Å². The summed E-state index contributed by atoms with van der Waals surface area (Å²) in [6, 6.07) is 16.8. The van der Waals surface area contributed by atoms with Crippen molar-refractivity contribution in [1.82, 2.24) is 0 Å². The zero-order valence-corrected chi connectivity index (χ0v) is 17.0. The Labute approximate surface area is 179 Å². The molecule has 3 aromatic carbocycles. The molecule has 1 fully saturated rings. The van der Waals surface area contributed by atoms with Gasteiger partial charge in [-0.1, -0.05) is 36.4 Å². The van der Waals surface area contributed by atoms with Crippen LogP contribution < -0.4 is 10.1 Å². The molecule has 3 nitrogen and oxygen atoms in total. The van der Waals surface area contributed by atoms with Crippen molar-refractivity contribution in [2.24, 2.45) is 0 Å². The molecular formula is C26H21F2NO2. The molecule has 2 aliphatic rings. The van der Waals surface area contributed by atoms with Crippen molar-refractivity contribution < 1.29 is 18.3 Å². The number of nitrogens with one attached hydrogen (secondary N) is 1. The average Bonchev–Trinajstić information content (AvgIpc) is 2.73. The second-order valence-corrected chi connectivity index (χ2v) is 8.16. The highest BCUT2D eigenvalue weighted by molar-refractivity contribution is 6.04. The largest absolute Gasteiger partial charge is 0.482 e. The van der Waals surface area contributed by atoms with E-state index in [1.165, 1.54) is 6.07 Å². The second kappa shape index (κ2) is 7.34. The summed E-state index contributed by atoms with van der Waals surface area (Å²) in [4.78, 5) is 12.4. The molecule has 0 radical (unpaired) electrons. The fraction of sp³-hybridized carbons (Fsp3) is 0.192. The maximum absolute atomic E-state index is 13.9. The van der Waals surface area contributed by atoms with Gasteiger partial charge in [0.15, 0.2) is 0 Å². The van der Waals surface area contributed by atoms with E-state index in [2.05, 4.69) is 30.4 Å². The molecule has 1 aliphatic heterocycles. The van der Waals surface area contributed by atoms with Gasteiger partial charge >= 0.3 is 0 Å². The summed E-state index contributed by atoms with van der Waals surface area (Å²) < 4.78 is 34.1. The van der Waals surface area contributed by atoms with Crippen LogP contribution in [0.25, 0.3) is 5.57 Å². The lowest BCUT2D eigenvalue weighted by Gasteiger charge is -2.44. The number of para-hydroxylation sites is 1. The van der Waals surface area contributed by atoms with Gasteiger partial charge in [0.05, 0.1) is 0 Å². The molecule has 156 valence electrons. The Bertz CT molecular complexity index is 1190. The van der Waals surface area contributed by atoms with Crippen molar-refractivity contribution in [2.75, 3.05) is 5.32 Å². The molecule has 0 aromatic heterocycles. The third-order valence-electron chi connectivity index (χ3n) is 6.06. The van der Waals surface area contributed by atoms with Gasteiger partial charge in [0.2, 0.25) is 0 Å². The first-order valence-corrected chi connectivity index (χ1v) is 10.3. The first kappa shape index (κ1) is 19.5. The lowest BCUT2D eigenvalue weighted by molar-refractivity contribution is 0.0370. The smallest absolute Gasteiger partial charge is 0.261 e. The van der Waals surface area contributed by atoms with Crippen molar-refractivity contribution in [3.8, 4) is 5.75 Å². The molecule has 1 saturated carbocycles. The Morgan fingerprint density at radius 2 is 1.65 bits per heavy atom. The van der Waals surface area contributed by atoms with Crippen LogP contribution in [-0.4, -0.2) is 11.5 Å². The van der Waals surface area contributed by atoms with Crippen LogP contribution >= 0.6 is 0 Å². The van der Waals surface area contributed by atoms with Gasteiger partial charge in [-0.3, -0.25) is 4.79 Å². The van der Waals surface area contributed by atoms with Crippen molar-refractivity contribution >= 4 is 17.2 Å². The fourth-order valence-corrected chi connectivity index (χ4v) is 4.23. The van der Waals surface area contributed by atoms with Gasteiger partial charge in [-0.2, -0.15) is 0 Å². The summed E-state index contributed by atoms with van der Waals surface area (Å²) in [7, 11) is 0. The topological polar surface area (TPSA) is 38.3 Å². The minimum absolute atomic E-state index is 0.246. The molecular weight excluding hydrogens is 396 g/mol. The number of hydrogen-bond acceptors (Lipinski definition) is 2. The second-order valence-electron chi connectivity index (χ2n) is 8.16. The molecule has 31 heavy (non-hydrogen) atoms. The average molecular weight is 417 g/mol. The summed E-state index contributed by atoms with van der Waals surface area (Å²) in [5.41, 5.74) is 3.87. The molecule has 1 heterocycles. The lowest BCUT2D eigenvalue weighted by atomic mass is 9.75. The van der Waals surface area contributed by atoms with E-state index in [1.54, 1.807) is 12.1 Å². The molecule has 3 aromatic rings. The Hall–Kier alpha value is -3.47. The molecule has 0 saturated heterocycles. The van der Waals surface area contributed by atoms with Crippen molar-refractivity contribution in [3.05, 3.63) is 101 Å². The number of amides is 1. The van der Waals surface area contributed by atoms with Gasteiger partial charge in [0, 0.05) is 11.3 Å². The quantitative estimate of drug-likeness (QED) is 0.545. The van der Waals surface area contributed by atoms with Crippen LogP contribution in [0, 0.1) is 18.6 Å². The fourth-order valence-electron chi connectivity index (χ4n) is 4.23. The van der Waals surface area contributed by atoms with Crippen LogP contribution in [0.1, 0.15) is 46.3 Å². The van der Waals surface area contributed by atoms with E-state index < -0.39 is 23.1 Å². The first-order chi connectivity index (χ1) is 15.0. The van der Waals surface area contributed by atoms with E-state index in [1.807, 2.05) is 18.2 Å². The number of aryl methyl sites for hydroxylation is 1. The van der Waals surface area contributed by atoms with Crippen molar-refractivity contribution in [1.29, 1.82) is 0 Å². The predicted molar refractivity (Wildman–Crippen MR) is 116 cm³/mol. The van der Waals surface area contributed by atoms with Crippen molar-refractivity contribution in [2.45, 2.75) is 31.8 Å². The number of hydrogen-bond donors (Lipinski definition) is 1. The van der Waals surface area contributed by atoms with E-state index in [0.717, 1.165) is 59.4 Å². The third-order valence-corrected chi connectivity index (χ3v) is 6.06. The van der Waals surface area contributed by atoms with Crippen LogP contribution in [-0.2, 0) is 0 Å². The van der Waals surface area contributed by atoms with Gasteiger partial charge in [0.1, 0.15) is 28.5 Å². The summed E-state index contributed by atoms with van der Waals surface area (Å²) in [6.07, 6.45) is 5.34. The Morgan fingerprint density at radius 1 is 0.968 bits per heavy atom. The van der Waals surface area contributed by atoms with Crippen molar-refractivity contribution in [3.63, 3.8) is 0 Å². The van der Waals surface area contributed by atoms with Gasteiger partial charge in [0.25, 0.3) is 5.91 Å². The molecule has 1 spiro atoms. The minimum Gasteiger partial charge on any atom is -0.482 e. The highest BCUT2D eigenvalue weighted by atomic mass is 19.1. The monoisotopic (exact) mass is 417 g/mol. The number of anilines is 1. The Kier molecular flexibility index (Phi) is 4.62. The van der Waals surface area contributed by atoms with Crippen LogP contribution in [0.15, 0.2) is 66.7 Å². The molecule has 0 unspecified atom stereocenters. The van der Waals surface area contributed by atoms with Crippen LogP contribution in [0.4, 0.5) is 14.5 Å². The van der Waals surface area contributed by atoms with Gasteiger partial charge in [-0.05, 0) is 73.2 Å². The maximum atomic E-state index is 13.9. The van der Waals surface area contributed by atoms with Crippen LogP contribution in [0.3, 0.4) is 0 Å². The number of rotatable bonds is 3. The zero-order valence-electron chi connectivity index (χ0n) is 17.0. The highest BCUT2D eigenvalue weighted by Crippen LogP contribution is 2.48. The van der Waals surface area contributed by atoms with E-state index >= 15 is 0 Å². The maximum Gasteiger partial charge on any atom is 0.261 e. The van der Waals surface area contributed by atoms with Gasteiger partial charge in [-0.15, -0.1) is 0 Å². The number of benzene rings is 3. The van der Waals surface area contributed by atoms with Gasteiger partial charge < -0.3 is 10.1 Å². The predicted octanol–water partition coefficient (Wildman–Crippen LogP) is 6.27. The minimum atomic E-state index is -0.890. The van der Waals surface area contributed by atoms with Crippen LogP contribution in [0.2, 0.25) is 0 Å². The van der Waals surface area contributed by atoms with E-state index in [4.69, 9.17) is 4.74 Å². The number of carbonyl (C=O) groups excluding carboxylic acids is 1. The number of carbonyl (C=O) groups is 1. The lowest BCUT2D eigenvalue weighted by Crippen LogP contribution is -2.43. The normalized spacial score (nSPS) is 16.0. The molecule has 1 aliphatic carbocycles. The van der Waals surface area contributed by atoms with E-state index in [-0.39, 0.29) is 5.60 Å². The first-order valence-electron chi connectivity index (χ1n) is 10.3. The summed E-state index contributed by atoms with van der Waals surface area (Å²) >= 11 is 0. The standard InChI is InChI=1S/C26H21F2NO2/c1-16-5-2-6-19-20(15-26(13-4-14-26)31-24(16)19)17-9-11-18(12-10-17)29-25(30)23-21(27)7-3-8-22(23)28/h2-3,5-12,15H,4,13-14H2,1H3,(H,29,30). The molecule has 1 N–H and O–H groups in total. The molecule has 0 atom stereocenters. The number of halogens is 2. The Morgan fingerprint density at radius 3 is 2.29 bits per heavy atom. The SMILES string of the molecule is Cc1cccc2c1OC1(C=C2c2ccc(NC(=O)c3c(F)cccc3F)cc2)CCC1. The molecule has 5 heteroatoms. The van der Waals surface area contributed by atoms with Crippen LogP contribution in [0.5, 0.6) is 5.75 Å². The molecule has 5 rings (SSSR count). The summed E-state index contributed by atoms with van der Waals surface area (Å²) in [6.45, 7) is 2.05. The third kappa shape index (κ3) is 3.40. The number of ether oxygens (including phenoxy) is 1. The zero-order chi connectivity index (χ0) is 21.6. The van der Waals surface area contributed by atoms with Gasteiger partial charge in [-0.25, -0.2) is 8.78 Å². The van der Waals surface area contributed by atoms with E-state index in [9.17, 15) is 13.6 Å². The highest BCUT2D eigenvalue weighted by Gasteiger charge is 2.41. The summed E-state index contributed by atoms with van der Waals surface area (Å²) in [5.74, 6) is -1.67. The molecule has 0 bridgehead atoms. The Balaban J connectivity index is 1.45. The summed E-state index contributed by atoms with van der Waals surface area (Å²) in [5, 5.41) is 2.57. The number of fused-ring (bicyclic) bond motifs is 1.